The van der Waals surface area contributed by atoms with Crippen LogP contribution in [0, 0.1) is 5.92 Å². The molecule has 6 heteroatoms. The number of nitrogens with one attached hydrogen (secondary N) is 1. The van der Waals surface area contributed by atoms with E-state index in [-0.39, 0.29) is 24.1 Å². The number of fused-ring (bicyclic) bond motifs is 1. The molecule has 1 aliphatic carbocycles. The number of thiophene rings is 1. The van der Waals surface area contributed by atoms with Crippen molar-refractivity contribution in [3.05, 3.63) is 20.8 Å². The van der Waals surface area contributed by atoms with Crippen LogP contribution in [0.5, 0.6) is 0 Å². The SMILES string of the molecule is NC1C2CCCOC2C1NC(=O)c1sccc1Br. The van der Waals surface area contributed by atoms with Gasteiger partial charge in [0.15, 0.2) is 0 Å². The molecule has 0 radical (unpaired) electrons. The fraction of sp³-hybridized carbons (Fsp3) is 0.583. The summed E-state index contributed by atoms with van der Waals surface area (Å²) in [6, 6.07) is 1.86. The fourth-order valence-electron chi connectivity index (χ4n) is 2.80. The van der Waals surface area contributed by atoms with Gasteiger partial charge in [0.2, 0.25) is 0 Å². The zero-order valence-corrected chi connectivity index (χ0v) is 12.2. The van der Waals surface area contributed by atoms with Crippen LogP contribution in [0.2, 0.25) is 0 Å². The van der Waals surface area contributed by atoms with Crippen LogP contribution >= 0.6 is 27.3 Å². The second kappa shape index (κ2) is 4.92. The van der Waals surface area contributed by atoms with Crippen molar-refractivity contribution in [2.75, 3.05) is 6.61 Å². The number of rotatable bonds is 2. The van der Waals surface area contributed by atoms with Crippen LogP contribution in [-0.2, 0) is 4.74 Å². The Morgan fingerprint density at radius 1 is 1.61 bits per heavy atom. The second-order valence-corrected chi connectivity index (χ2v) is 6.59. The lowest BCUT2D eigenvalue weighted by Crippen LogP contribution is -2.72. The highest BCUT2D eigenvalue weighted by atomic mass is 79.9. The molecule has 1 aromatic heterocycles. The van der Waals surface area contributed by atoms with E-state index >= 15 is 0 Å². The fourth-order valence-corrected chi connectivity index (χ4v) is 4.25. The van der Waals surface area contributed by atoms with Gasteiger partial charge in [-0.05, 0) is 40.2 Å². The molecule has 98 valence electrons. The first-order chi connectivity index (χ1) is 8.68. The van der Waals surface area contributed by atoms with E-state index in [9.17, 15) is 4.79 Å². The van der Waals surface area contributed by atoms with Crippen LogP contribution < -0.4 is 11.1 Å². The van der Waals surface area contributed by atoms with E-state index in [1.54, 1.807) is 0 Å². The van der Waals surface area contributed by atoms with Gasteiger partial charge in [0.25, 0.3) is 5.91 Å². The average Bonchev–Trinajstić information content (AvgIpc) is 2.81. The van der Waals surface area contributed by atoms with Crippen LogP contribution in [0.15, 0.2) is 15.9 Å². The Kier molecular flexibility index (Phi) is 3.44. The van der Waals surface area contributed by atoms with Gasteiger partial charge in [-0.1, -0.05) is 0 Å². The van der Waals surface area contributed by atoms with Crippen molar-refractivity contribution in [2.45, 2.75) is 31.0 Å². The minimum absolute atomic E-state index is 0.0259. The lowest BCUT2D eigenvalue weighted by molar-refractivity contribution is -0.117. The van der Waals surface area contributed by atoms with E-state index < -0.39 is 0 Å². The van der Waals surface area contributed by atoms with Crippen molar-refractivity contribution in [2.24, 2.45) is 11.7 Å². The molecule has 1 saturated carbocycles. The lowest BCUT2D eigenvalue weighted by Gasteiger charge is -2.52. The van der Waals surface area contributed by atoms with Crippen LogP contribution in [0.25, 0.3) is 0 Å². The number of halogens is 1. The highest BCUT2D eigenvalue weighted by Crippen LogP contribution is 2.37. The summed E-state index contributed by atoms with van der Waals surface area (Å²) >= 11 is 4.79. The number of nitrogens with two attached hydrogens (primary N) is 1. The first-order valence-corrected chi connectivity index (χ1v) is 7.77. The van der Waals surface area contributed by atoms with Crippen molar-refractivity contribution in [1.82, 2.24) is 5.32 Å². The maximum atomic E-state index is 12.1. The zero-order chi connectivity index (χ0) is 12.7. The Morgan fingerprint density at radius 3 is 3.17 bits per heavy atom. The van der Waals surface area contributed by atoms with Crippen LogP contribution in [0.4, 0.5) is 0 Å². The summed E-state index contributed by atoms with van der Waals surface area (Å²) in [7, 11) is 0. The van der Waals surface area contributed by atoms with Gasteiger partial charge < -0.3 is 15.8 Å². The normalized spacial score (nSPS) is 34.6. The summed E-state index contributed by atoms with van der Waals surface area (Å²) in [5.74, 6) is 0.348. The number of hydrogen-bond donors (Lipinski definition) is 2. The number of ether oxygens (including phenoxy) is 1. The van der Waals surface area contributed by atoms with E-state index in [1.165, 1.54) is 11.3 Å². The quantitative estimate of drug-likeness (QED) is 0.868. The summed E-state index contributed by atoms with van der Waals surface area (Å²) in [6.07, 6.45) is 2.30. The third kappa shape index (κ3) is 2.01. The highest BCUT2D eigenvalue weighted by molar-refractivity contribution is 9.10. The topological polar surface area (TPSA) is 64.3 Å². The molecule has 4 atom stereocenters. The van der Waals surface area contributed by atoms with Gasteiger partial charge in [-0.3, -0.25) is 4.79 Å². The van der Waals surface area contributed by atoms with Crippen molar-refractivity contribution in [3.63, 3.8) is 0 Å². The van der Waals surface area contributed by atoms with E-state index in [4.69, 9.17) is 10.5 Å². The lowest BCUT2D eigenvalue weighted by atomic mass is 9.68. The number of hydrogen-bond acceptors (Lipinski definition) is 4. The highest BCUT2D eigenvalue weighted by Gasteiger charge is 2.51. The molecule has 3 rings (SSSR count). The first-order valence-electron chi connectivity index (χ1n) is 6.09. The number of amides is 1. The average molecular weight is 331 g/mol. The van der Waals surface area contributed by atoms with E-state index in [0.717, 1.165) is 23.9 Å². The Hall–Kier alpha value is -0.430. The van der Waals surface area contributed by atoms with E-state index in [2.05, 4.69) is 21.2 Å². The molecule has 4 unspecified atom stereocenters. The first kappa shape index (κ1) is 12.6. The largest absolute Gasteiger partial charge is 0.376 e. The Bertz CT molecular complexity index is 465. The summed E-state index contributed by atoms with van der Waals surface area (Å²) in [5, 5.41) is 4.89. The molecule has 0 spiro atoms. The second-order valence-electron chi connectivity index (χ2n) is 4.82. The molecule has 18 heavy (non-hydrogen) atoms. The van der Waals surface area contributed by atoms with Crippen LogP contribution in [-0.4, -0.2) is 30.7 Å². The number of carbonyl (C=O) groups excluding carboxylic acids is 1. The van der Waals surface area contributed by atoms with Gasteiger partial charge in [0.05, 0.1) is 12.1 Å². The molecule has 4 nitrogen and oxygen atoms in total. The Labute approximate surface area is 118 Å². The molecule has 0 bridgehead atoms. The summed E-state index contributed by atoms with van der Waals surface area (Å²) in [6.45, 7) is 0.781. The molecule has 2 heterocycles. The number of carbonyl (C=O) groups is 1. The molecule has 1 aliphatic heterocycles. The summed E-state index contributed by atoms with van der Waals surface area (Å²) in [4.78, 5) is 12.8. The molecule has 3 N–H and O–H groups in total. The standard InChI is InChI=1S/C12H15BrN2O2S/c13-7-3-5-18-11(7)12(16)15-9-8(14)6-2-1-4-17-10(6)9/h3,5-6,8-10H,1-2,4,14H2,(H,15,16). The van der Waals surface area contributed by atoms with Gasteiger partial charge in [-0.25, -0.2) is 0 Å². The minimum atomic E-state index is -0.0649. The maximum Gasteiger partial charge on any atom is 0.262 e. The molecule has 2 fully saturated rings. The van der Waals surface area contributed by atoms with Gasteiger partial charge in [0, 0.05) is 23.0 Å². The maximum absolute atomic E-state index is 12.1. The molecule has 1 aromatic rings. The van der Waals surface area contributed by atoms with Gasteiger partial charge in [-0.2, -0.15) is 0 Å². The van der Waals surface area contributed by atoms with Crippen LogP contribution in [0.3, 0.4) is 0 Å². The Morgan fingerprint density at radius 2 is 2.44 bits per heavy atom. The molecular formula is C12H15BrN2O2S. The van der Waals surface area contributed by atoms with E-state index in [0.29, 0.717) is 10.8 Å². The monoisotopic (exact) mass is 330 g/mol. The predicted molar refractivity (Wildman–Crippen MR) is 73.7 cm³/mol. The smallest absolute Gasteiger partial charge is 0.262 e. The summed E-state index contributed by atoms with van der Waals surface area (Å²) < 4.78 is 6.54. The molecular weight excluding hydrogens is 316 g/mol. The van der Waals surface area contributed by atoms with Crippen molar-refractivity contribution >= 4 is 33.2 Å². The summed E-state index contributed by atoms with van der Waals surface area (Å²) in [5.41, 5.74) is 6.11. The molecule has 1 amide bonds. The minimum Gasteiger partial charge on any atom is -0.376 e. The Balaban J connectivity index is 1.67. The predicted octanol–water partition coefficient (Wildman–Crippen LogP) is 1.75. The zero-order valence-electron chi connectivity index (χ0n) is 9.77. The van der Waals surface area contributed by atoms with E-state index in [1.807, 2.05) is 11.4 Å². The van der Waals surface area contributed by atoms with Crippen molar-refractivity contribution in [1.29, 1.82) is 0 Å². The molecule has 0 aromatic carbocycles. The van der Waals surface area contributed by atoms with Crippen molar-refractivity contribution < 1.29 is 9.53 Å². The van der Waals surface area contributed by atoms with Gasteiger partial charge in [-0.15, -0.1) is 11.3 Å². The third-order valence-corrected chi connectivity index (χ3v) is 5.63. The van der Waals surface area contributed by atoms with Gasteiger partial charge in [0.1, 0.15) is 4.88 Å². The third-order valence-electron chi connectivity index (χ3n) is 3.80. The molecule has 2 aliphatic rings. The van der Waals surface area contributed by atoms with Crippen LogP contribution in [0.1, 0.15) is 22.5 Å². The van der Waals surface area contributed by atoms with Crippen molar-refractivity contribution in [3.8, 4) is 0 Å². The molecule has 1 saturated heterocycles. The van der Waals surface area contributed by atoms with Gasteiger partial charge >= 0.3 is 0 Å².